The molecular weight excluding hydrogens is 132 g/mol. The lowest BCUT2D eigenvalue weighted by Gasteiger charge is -1.77. The Morgan fingerprint density at radius 3 is 3.20 bits per heavy atom. The van der Waals surface area contributed by atoms with E-state index in [1.165, 1.54) is 6.33 Å². The molecule has 0 spiro atoms. The smallest absolute Gasteiger partial charge is 0.269 e. The number of hydrogen-bond donors (Lipinski definition) is 0. The monoisotopic (exact) mass is 136 g/mol. The fraction of sp³-hybridized carbons (Fsp3) is 0.200. The summed E-state index contributed by atoms with van der Waals surface area (Å²) in [6.45, 7) is 1.74. The van der Waals surface area contributed by atoms with Crippen molar-refractivity contribution in [1.82, 2.24) is 20.2 Å². The zero-order valence-electron chi connectivity index (χ0n) is 5.27. The highest BCUT2D eigenvalue weighted by Gasteiger charge is 2.01. The van der Waals surface area contributed by atoms with E-state index in [1.807, 2.05) is 0 Å². The maximum Gasteiger partial charge on any atom is 0.269 e. The lowest BCUT2D eigenvalue weighted by atomic mass is 10.7. The summed E-state index contributed by atoms with van der Waals surface area (Å²) < 4.78 is 5.04. The Morgan fingerprint density at radius 2 is 2.40 bits per heavy atom. The van der Waals surface area contributed by atoms with Crippen LogP contribution in [-0.4, -0.2) is 20.2 Å². The largest absolute Gasteiger partial charge is 0.421 e. The fourth-order valence-electron chi connectivity index (χ4n) is 0.713. The van der Waals surface area contributed by atoms with Crippen LogP contribution in [0.25, 0.3) is 11.4 Å². The molecule has 0 N–H and O–H groups in total. The first kappa shape index (κ1) is 5.28. The van der Waals surface area contributed by atoms with Gasteiger partial charge in [-0.1, -0.05) is 0 Å². The van der Waals surface area contributed by atoms with E-state index in [0.29, 0.717) is 17.3 Å². The van der Waals surface area contributed by atoms with Gasteiger partial charge in [-0.15, -0.1) is 10.2 Å². The van der Waals surface area contributed by atoms with E-state index in [1.54, 1.807) is 6.92 Å². The van der Waals surface area contributed by atoms with E-state index in [2.05, 4.69) is 20.2 Å². The third-order valence-electron chi connectivity index (χ3n) is 1.08. The molecule has 2 aromatic rings. The van der Waals surface area contributed by atoms with E-state index in [4.69, 9.17) is 4.42 Å². The van der Waals surface area contributed by atoms with E-state index >= 15 is 0 Å². The molecule has 0 amide bonds. The Hall–Kier alpha value is -1.52. The van der Waals surface area contributed by atoms with Crippen LogP contribution >= 0.6 is 0 Å². The number of rotatable bonds is 0. The van der Waals surface area contributed by atoms with Crippen molar-refractivity contribution in [3.63, 3.8) is 0 Å². The van der Waals surface area contributed by atoms with Gasteiger partial charge < -0.3 is 4.42 Å². The number of fused-ring (bicyclic) bond motifs is 1. The average molecular weight is 136 g/mol. The standard InChI is InChI=1S/C5H4N4O/c1-3-8-4-5(10-3)6-2-7-9-4/h2H,1H3. The second-order valence-electron chi connectivity index (χ2n) is 1.82. The number of hydrogen-bond acceptors (Lipinski definition) is 5. The quantitative estimate of drug-likeness (QED) is 0.521. The molecule has 0 unspecified atom stereocenters. The summed E-state index contributed by atoms with van der Waals surface area (Å²) in [4.78, 5) is 7.71. The Kier molecular flexibility index (Phi) is 0.913. The Balaban J connectivity index is 2.88. The third-order valence-corrected chi connectivity index (χ3v) is 1.08. The topological polar surface area (TPSA) is 64.7 Å². The van der Waals surface area contributed by atoms with Crippen LogP contribution in [0.1, 0.15) is 5.89 Å². The Morgan fingerprint density at radius 1 is 1.50 bits per heavy atom. The summed E-state index contributed by atoms with van der Waals surface area (Å²) >= 11 is 0. The molecule has 50 valence electrons. The normalized spacial score (nSPS) is 10.5. The number of aromatic nitrogens is 4. The molecule has 0 aliphatic carbocycles. The van der Waals surface area contributed by atoms with Crippen LogP contribution in [0.5, 0.6) is 0 Å². The van der Waals surface area contributed by atoms with Crippen LogP contribution in [0.3, 0.4) is 0 Å². The van der Waals surface area contributed by atoms with Crippen LogP contribution in [0, 0.1) is 6.92 Å². The highest BCUT2D eigenvalue weighted by atomic mass is 16.4. The van der Waals surface area contributed by atoms with Crippen LogP contribution in [0.2, 0.25) is 0 Å². The number of oxazole rings is 1. The lowest BCUT2D eigenvalue weighted by Crippen LogP contribution is -1.82. The maximum atomic E-state index is 5.04. The molecule has 0 fully saturated rings. The molecule has 10 heavy (non-hydrogen) atoms. The van der Waals surface area contributed by atoms with Crippen LogP contribution in [0.4, 0.5) is 0 Å². The highest BCUT2D eigenvalue weighted by molar-refractivity contribution is 5.60. The molecule has 0 aliphatic rings. The third kappa shape index (κ3) is 0.637. The van der Waals surface area contributed by atoms with Crippen molar-refractivity contribution in [2.75, 3.05) is 0 Å². The SMILES string of the molecule is Cc1nc2nncnc2o1. The zero-order chi connectivity index (χ0) is 6.97. The van der Waals surface area contributed by atoms with Gasteiger partial charge >= 0.3 is 0 Å². The first-order valence-corrected chi connectivity index (χ1v) is 2.77. The average Bonchev–Trinajstić information content (AvgIpc) is 2.27. The van der Waals surface area contributed by atoms with E-state index < -0.39 is 0 Å². The second kappa shape index (κ2) is 1.73. The minimum atomic E-state index is 0.438. The van der Waals surface area contributed by atoms with Gasteiger partial charge in [-0.3, -0.25) is 0 Å². The molecular formula is C5H4N4O. The van der Waals surface area contributed by atoms with Gasteiger partial charge in [0.2, 0.25) is 5.65 Å². The molecule has 0 aromatic carbocycles. The summed E-state index contributed by atoms with van der Waals surface area (Å²) in [5.74, 6) is 0.558. The molecule has 0 bridgehead atoms. The van der Waals surface area contributed by atoms with Crippen LogP contribution in [-0.2, 0) is 0 Å². The van der Waals surface area contributed by atoms with Gasteiger partial charge in [0.05, 0.1) is 0 Å². The number of nitrogens with zero attached hydrogens (tertiary/aromatic N) is 4. The van der Waals surface area contributed by atoms with Gasteiger partial charge in [0, 0.05) is 6.92 Å². The summed E-state index contributed by atoms with van der Waals surface area (Å²) in [5.41, 5.74) is 0.896. The predicted octanol–water partition coefficient (Wildman–Crippen LogP) is 0.321. The predicted molar refractivity (Wildman–Crippen MR) is 32.1 cm³/mol. The summed E-state index contributed by atoms with van der Waals surface area (Å²) in [5, 5.41) is 7.23. The van der Waals surface area contributed by atoms with E-state index in [9.17, 15) is 0 Å². The van der Waals surface area contributed by atoms with E-state index in [-0.39, 0.29) is 0 Å². The van der Waals surface area contributed by atoms with Crippen molar-refractivity contribution in [3.8, 4) is 0 Å². The molecule has 2 aromatic heterocycles. The van der Waals surface area contributed by atoms with Crippen molar-refractivity contribution in [3.05, 3.63) is 12.2 Å². The summed E-state index contributed by atoms with van der Waals surface area (Å²) in [7, 11) is 0. The maximum absolute atomic E-state index is 5.04. The molecule has 5 nitrogen and oxygen atoms in total. The molecule has 2 rings (SSSR count). The van der Waals surface area contributed by atoms with Crippen molar-refractivity contribution in [2.24, 2.45) is 0 Å². The van der Waals surface area contributed by atoms with Gasteiger partial charge in [-0.2, -0.15) is 9.97 Å². The molecule has 0 radical (unpaired) electrons. The Bertz CT molecular complexity index is 322. The highest BCUT2D eigenvalue weighted by Crippen LogP contribution is 2.05. The first-order valence-electron chi connectivity index (χ1n) is 2.77. The minimum Gasteiger partial charge on any atom is -0.421 e. The van der Waals surface area contributed by atoms with Crippen molar-refractivity contribution in [1.29, 1.82) is 0 Å². The van der Waals surface area contributed by atoms with E-state index in [0.717, 1.165) is 0 Å². The van der Waals surface area contributed by atoms with Crippen molar-refractivity contribution < 1.29 is 4.42 Å². The molecule has 2 heterocycles. The van der Waals surface area contributed by atoms with Gasteiger partial charge in [0.1, 0.15) is 6.33 Å². The molecule has 0 atom stereocenters. The summed E-state index contributed by atoms with van der Waals surface area (Å²) in [6, 6.07) is 0. The van der Waals surface area contributed by atoms with Crippen LogP contribution < -0.4 is 0 Å². The number of aryl methyl sites for hydroxylation is 1. The van der Waals surface area contributed by atoms with Crippen molar-refractivity contribution >= 4 is 11.4 Å². The second-order valence-corrected chi connectivity index (χ2v) is 1.82. The van der Waals surface area contributed by atoms with Gasteiger partial charge in [0.25, 0.3) is 5.71 Å². The van der Waals surface area contributed by atoms with Gasteiger partial charge in [0.15, 0.2) is 5.89 Å². The summed E-state index contributed by atoms with van der Waals surface area (Å²) in [6.07, 6.45) is 1.33. The minimum absolute atomic E-state index is 0.438. The first-order chi connectivity index (χ1) is 4.86. The molecule has 5 heteroatoms. The fourth-order valence-corrected chi connectivity index (χ4v) is 0.713. The van der Waals surface area contributed by atoms with Gasteiger partial charge in [-0.05, 0) is 0 Å². The zero-order valence-corrected chi connectivity index (χ0v) is 5.27. The lowest BCUT2D eigenvalue weighted by molar-refractivity contribution is 0.550. The molecule has 0 saturated carbocycles. The Labute approximate surface area is 56.1 Å². The van der Waals surface area contributed by atoms with Gasteiger partial charge in [-0.25, -0.2) is 0 Å². The molecule has 0 saturated heterocycles. The molecule has 0 aliphatic heterocycles. The van der Waals surface area contributed by atoms with Crippen LogP contribution in [0.15, 0.2) is 10.7 Å². The van der Waals surface area contributed by atoms with Crippen molar-refractivity contribution in [2.45, 2.75) is 6.92 Å².